The van der Waals surface area contributed by atoms with Crippen molar-refractivity contribution in [3.8, 4) is 11.5 Å². The zero-order valence-corrected chi connectivity index (χ0v) is 11.0. The lowest BCUT2D eigenvalue weighted by molar-refractivity contribution is 0.183. The Kier molecular flexibility index (Phi) is 3.31. The van der Waals surface area contributed by atoms with Crippen LogP contribution >= 0.6 is 0 Å². The summed E-state index contributed by atoms with van der Waals surface area (Å²) in [5, 5.41) is 18.2. The highest BCUT2D eigenvalue weighted by molar-refractivity contribution is 5.51. The topological polar surface area (TPSA) is 59.2 Å². The monoisotopic (exact) mass is 266 g/mol. The molecule has 4 heteroatoms. The highest BCUT2D eigenvalue weighted by Crippen LogP contribution is 2.25. The fourth-order valence-corrected chi connectivity index (χ4v) is 2.03. The largest absolute Gasteiger partial charge is 0.417 e. The van der Waals surface area contributed by atoms with Gasteiger partial charge in [-0.1, -0.05) is 48.0 Å². The molecule has 100 valence electrons. The molecule has 0 aliphatic carbocycles. The van der Waals surface area contributed by atoms with Crippen molar-refractivity contribution in [2.75, 3.05) is 0 Å². The number of aliphatic hydroxyl groups is 1. The first-order valence-electron chi connectivity index (χ1n) is 6.37. The Morgan fingerprint density at radius 2 is 1.80 bits per heavy atom. The summed E-state index contributed by atoms with van der Waals surface area (Å²) in [5.41, 5.74) is 2.65. The number of aryl methyl sites for hydroxylation is 1. The van der Waals surface area contributed by atoms with Gasteiger partial charge in [-0.05, 0) is 24.6 Å². The fourth-order valence-electron chi connectivity index (χ4n) is 2.03. The summed E-state index contributed by atoms with van der Waals surface area (Å²) in [4.78, 5) is 0. The Bertz CT molecular complexity index is 707. The van der Waals surface area contributed by atoms with Gasteiger partial charge in [-0.25, -0.2) is 0 Å². The molecule has 0 radical (unpaired) electrons. The van der Waals surface area contributed by atoms with E-state index in [9.17, 15) is 5.11 Å². The molecule has 1 aromatic heterocycles. The van der Waals surface area contributed by atoms with E-state index in [1.165, 1.54) is 0 Å². The van der Waals surface area contributed by atoms with Gasteiger partial charge in [-0.15, -0.1) is 10.2 Å². The second-order valence-corrected chi connectivity index (χ2v) is 4.63. The summed E-state index contributed by atoms with van der Waals surface area (Å²) in [5.74, 6) is 0.613. The smallest absolute Gasteiger partial charge is 0.249 e. The number of aromatic nitrogens is 2. The van der Waals surface area contributed by atoms with Crippen LogP contribution in [0.3, 0.4) is 0 Å². The van der Waals surface area contributed by atoms with Crippen molar-refractivity contribution >= 4 is 0 Å². The average Bonchev–Trinajstić information content (AvgIpc) is 2.97. The summed E-state index contributed by atoms with van der Waals surface area (Å²) in [6.45, 7) is 1.97. The van der Waals surface area contributed by atoms with Crippen molar-refractivity contribution < 1.29 is 9.52 Å². The van der Waals surface area contributed by atoms with Crippen LogP contribution in [0.5, 0.6) is 0 Å². The molecule has 3 aromatic rings. The molecule has 1 N–H and O–H groups in total. The van der Waals surface area contributed by atoms with Crippen molar-refractivity contribution in [3.63, 3.8) is 0 Å². The fraction of sp³-hybridized carbons (Fsp3) is 0.125. The lowest BCUT2D eigenvalue weighted by atomic mass is 10.1. The van der Waals surface area contributed by atoms with Crippen molar-refractivity contribution in [3.05, 3.63) is 71.6 Å². The van der Waals surface area contributed by atoms with Gasteiger partial charge < -0.3 is 9.52 Å². The minimum Gasteiger partial charge on any atom is -0.417 e. The highest BCUT2D eigenvalue weighted by atomic mass is 16.4. The normalized spacial score (nSPS) is 12.3. The van der Waals surface area contributed by atoms with Crippen molar-refractivity contribution in [2.24, 2.45) is 0 Å². The van der Waals surface area contributed by atoms with Crippen LogP contribution in [-0.2, 0) is 0 Å². The van der Waals surface area contributed by atoms with Crippen molar-refractivity contribution in [2.45, 2.75) is 13.0 Å². The summed E-state index contributed by atoms with van der Waals surface area (Å²) in [7, 11) is 0. The maximum atomic E-state index is 10.3. The second kappa shape index (κ2) is 5.27. The van der Waals surface area contributed by atoms with Gasteiger partial charge in [-0.2, -0.15) is 0 Å². The lowest BCUT2D eigenvalue weighted by Crippen LogP contribution is -2.00. The van der Waals surface area contributed by atoms with Crippen LogP contribution in [0.15, 0.2) is 59.0 Å². The van der Waals surface area contributed by atoms with Crippen LogP contribution in [0.1, 0.15) is 23.1 Å². The Morgan fingerprint density at radius 3 is 2.55 bits per heavy atom. The first-order chi connectivity index (χ1) is 9.74. The zero-order valence-electron chi connectivity index (χ0n) is 11.0. The van der Waals surface area contributed by atoms with Gasteiger partial charge in [0.05, 0.1) is 0 Å². The Labute approximate surface area is 116 Å². The predicted octanol–water partition coefficient (Wildman–Crippen LogP) is 3.13. The third-order valence-corrected chi connectivity index (χ3v) is 3.05. The van der Waals surface area contributed by atoms with Crippen LogP contribution in [0.25, 0.3) is 11.5 Å². The molecule has 0 spiro atoms. The molecule has 1 unspecified atom stereocenters. The maximum Gasteiger partial charge on any atom is 0.249 e. The van der Waals surface area contributed by atoms with Gasteiger partial charge in [0.2, 0.25) is 11.8 Å². The average molecular weight is 266 g/mol. The molecule has 0 saturated carbocycles. The van der Waals surface area contributed by atoms with Gasteiger partial charge in [0.25, 0.3) is 0 Å². The minimum absolute atomic E-state index is 0.203. The highest BCUT2D eigenvalue weighted by Gasteiger charge is 2.18. The van der Waals surface area contributed by atoms with E-state index in [1.807, 2.05) is 61.5 Å². The number of benzene rings is 2. The van der Waals surface area contributed by atoms with E-state index in [0.717, 1.165) is 16.7 Å². The molecule has 0 saturated heterocycles. The third kappa shape index (κ3) is 2.46. The minimum atomic E-state index is -0.903. The molecule has 3 rings (SSSR count). The number of nitrogens with zero attached hydrogens (tertiary/aromatic N) is 2. The molecule has 1 atom stereocenters. The van der Waals surface area contributed by atoms with E-state index >= 15 is 0 Å². The molecule has 1 heterocycles. The Balaban J connectivity index is 1.90. The molecular formula is C16H14N2O2. The Morgan fingerprint density at radius 1 is 1.00 bits per heavy atom. The van der Waals surface area contributed by atoms with E-state index in [2.05, 4.69) is 10.2 Å². The van der Waals surface area contributed by atoms with Gasteiger partial charge in [0.15, 0.2) is 6.10 Å². The summed E-state index contributed by atoms with van der Waals surface area (Å²) >= 11 is 0. The van der Waals surface area contributed by atoms with E-state index in [4.69, 9.17) is 4.42 Å². The van der Waals surface area contributed by atoms with Gasteiger partial charge in [-0.3, -0.25) is 0 Å². The van der Waals surface area contributed by atoms with Gasteiger partial charge in [0.1, 0.15) is 0 Å². The first kappa shape index (κ1) is 12.6. The number of hydrogen-bond donors (Lipinski definition) is 1. The molecule has 0 amide bonds. The molecular weight excluding hydrogens is 252 g/mol. The number of hydrogen-bond acceptors (Lipinski definition) is 4. The Hall–Kier alpha value is -2.46. The molecule has 0 aliphatic rings. The van der Waals surface area contributed by atoms with E-state index in [1.54, 1.807) is 0 Å². The molecule has 20 heavy (non-hydrogen) atoms. The van der Waals surface area contributed by atoms with Gasteiger partial charge >= 0.3 is 0 Å². The standard InChI is InChI=1S/C16H14N2O2/c1-11-6-5-9-13(10-11)14(19)16-18-17-15(20-16)12-7-3-2-4-8-12/h2-10,14,19H,1H3. The third-order valence-electron chi connectivity index (χ3n) is 3.05. The quantitative estimate of drug-likeness (QED) is 0.791. The van der Waals surface area contributed by atoms with Crippen LogP contribution in [0, 0.1) is 6.92 Å². The number of rotatable bonds is 3. The lowest BCUT2D eigenvalue weighted by Gasteiger charge is -2.06. The van der Waals surface area contributed by atoms with E-state index in [-0.39, 0.29) is 5.89 Å². The molecule has 0 fully saturated rings. The van der Waals surface area contributed by atoms with E-state index in [0.29, 0.717) is 5.89 Å². The molecule has 0 aliphatic heterocycles. The van der Waals surface area contributed by atoms with Crippen LogP contribution < -0.4 is 0 Å². The molecule has 4 nitrogen and oxygen atoms in total. The molecule has 0 bridgehead atoms. The van der Waals surface area contributed by atoms with Crippen LogP contribution in [0.2, 0.25) is 0 Å². The summed E-state index contributed by atoms with van der Waals surface area (Å²) in [6.07, 6.45) is -0.903. The van der Waals surface area contributed by atoms with E-state index < -0.39 is 6.10 Å². The van der Waals surface area contributed by atoms with Crippen LogP contribution in [-0.4, -0.2) is 15.3 Å². The first-order valence-corrected chi connectivity index (χ1v) is 6.37. The summed E-state index contributed by atoms with van der Waals surface area (Å²) in [6, 6.07) is 17.1. The second-order valence-electron chi connectivity index (χ2n) is 4.63. The number of aliphatic hydroxyl groups excluding tert-OH is 1. The predicted molar refractivity (Wildman–Crippen MR) is 75.0 cm³/mol. The van der Waals surface area contributed by atoms with Crippen molar-refractivity contribution in [1.82, 2.24) is 10.2 Å². The van der Waals surface area contributed by atoms with Gasteiger partial charge in [0, 0.05) is 5.56 Å². The van der Waals surface area contributed by atoms with Crippen molar-refractivity contribution in [1.29, 1.82) is 0 Å². The maximum absolute atomic E-state index is 10.3. The SMILES string of the molecule is Cc1cccc(C(O)c2nnc(-c3ccccc3)o2)c1. The molecule has 2 aromatic carbocycles. The van der Waals surface area contributed by atoms with Crippen LogP contribution in [0.4, 0.5) is 0 Å². The summed E-state index contributed by atoms with van der Waals surface area (Å²) < 4.78 is 5.55. The zero-order chi connectivity index (χ0) is 13.9.